The predicted molar refractivity (Wildman–Crippen MR) is 124 cm³/mol. The third kappa shape index (κ3) is 4.63. The lowest BCUT2D eigenvalue weighted by Gasteiger charge is -2.14. The van der Waals surface area contributed by atoms with Crippen LogP contribution in [0, 0.1) is 5.82 Å². The number of carbonyl (C=O) groups is 1. The van der Waals surface area contributed by atoms with Crippen LogP contribution in [-0.4, -0.2) is 50.2 Å². The molecule has 1 aliphatic heterocycles. The van der Waals surface area contributed by atoms with Crippen molar-refractivity contribution in [2.24, 2.45) is 0 Å². The summed E-state index contributed by atoms with van der Waals surface area (Å²) in [6, 6.07) is 2.99. The Labute approximate surface area is 196 Å². The van der Waals surface area contributed by atoms with Crippen molar-refractivity contribution < 1.29 is 13.9 Å². The fourth-order valence-corrected chi connectivity index (χ4v) is 4.98. The van der Waals surface area contributed by atoms with Crippen molar-refractivity contribution in [3.63, 3.8) is 0 Å². The van der Waals surface area contributed by atoms with Gasteiger partial charge in [-0.05, 0) is 12.1 Å². The number of aromatic nitrogens is 5. The molecule has 33 heavy (non-hydrogen) atoms. The van der Waals surface area contributed by atoms with Gasteiger partial charge < -0.3 is 15.4 Å². The van der Waals surface area contributed by atoms with Crippen LogP contribution < -0.4 is 15.4 Å². The van der Waals surface area contributed by atoms with E-state index >= 15 is 0 Å². The molecule has 0 fully saturated rings. The van der Waals surface area contributed by atoms with Crippen molar-refractivity contribution in [3.8, 4) is 16.3 Å². The highest BCUT2D eigenvalue weighted by atomic mass is 32.2. The average Bonchev–Trinajstić information content (AvgIpc) is 3.29. The van der Waals surface area contributed by atoms with Gasteiger partial charge in [0.2, 0.25) is 11.8 Å². The van der Waals surface area contributed by atoms with Gasteiger partial charge in [-0.3, -0.25) is 4.79 Å². The van der Waals surface area contributed by atoms with E-state index in [1.807, 2.05) is 0 Å². The Balaban J connectivity index is 1.25. The van der Waals surface area contributed by atoms with Crippen molar-refractivity contribution in [3.05, 3.63) is 47.2 Å². The van der Waals surface area contributed by atoms with E-state index < -0.39 is 0 Å². The molecule has 0 saturated carbocycles. The van der Waals surface area contributed by atoms with E-state index in [-0.39, 0.29) is 11.7 Å². The maximum Gasteiger partial charge on any atom is 0.236 e. The number of amides is 1. The molecule has 3 aromatic heterocycles. The van der Waals surface area contributed by atoms with Crippen molar-refractivity contribution in [1.82, 2.24) is 30.2 Å². The smallest absolute Gasteiger partial charge is 0.236 e. The monoisotopic (exact) mass is 483 g/mol. The van der Waals surface area contributed by atoms with Gasteiger partial charge in [-0.15, -0.1) is 11.3 Å². The first-order chi connectivity index (χ1) is 16.1. The second-order valence-electron chi connectivity index (χ2n) is 7.10. The quantitative estimate of drug-likeness (QED) is 0.383. The number of anilines is 1. The van der Waals surface area contributed by atoms with Crippen LogP contribution in [0.4, 0.5) is 10.2 Å². The molecule has 0 bridgehead atoms. The minimum absolute atomic E-state index is 0.0708. The van der Waals surface area contributed by atoms with Gasteiger partial charge in [0.25, 0.3) is 0 Å². The lowest BCUT2D eigenvalue weighted by molar-refractivity contribution is -0.113. The predicted octanol–water partition coefficient (Wildman–Crippen LogP) is 3.07. The molecule has 0 saturated heterocycles. The molecule has 9 nitrogen and oxygen atoms in total. The van der Waals surface area contributed by atoms with Crippen molar-refractivity contribution in [2.45, 2.75) is 18.0 Å². The number of benzene rings is 1. The maximum atomic E-state index is 14.7. The number of thiazole rings is 1. The number of rotatable bonds is 7. The minimum atomic E-state index is -0.380. The summed E-state index contributed by atoms with van der Waals surface area (Å²) >= 11 is 2.80. The van der Waals surface area contributed by atoms with Crippen molar-refractivity contribution >= 4 is 45.9 Å². The molecule has 12 heteroatoms. The van der Waals surface area contributed by atoms with E-state index in [0.717, 1.165) is 15.7 Å². The first-order valence-corrected chi connectivity index (χ1v) is 11.8. The third-order valence-electron chi connectivity index (χ3n) is 4.86. The number of nitrogens with zero attached hydrogens (tertiary/aromatic N) is 5. The summed E-state index contributed by atoms with van der Waals surface area (Å²) < 4.78 is 19.9. The lowest BCUT2D eigenvalue weighted by atomic mass is 10.1. The van der Waals surface area contributed by atoms with Gasteiger partial charge in [-0.2, -0.15) is 0 Å². The Morgan fingerprint density at radius 1 is 1.18 bits per heavy atom. The van der Waals surface area contributed by atoms with Gasteiger partial charge in [0, 0.05) is 25.7 Å². The zero-order valence-corrected chi connectivity index (χ0v) is 19.1. The van der Waals surface area contributed by atoms with E-state index in [2.05, 4.69) is 35.6 Å². The number of thioether (sulfide) groups is 1. The summed E-state index contributed by atoms with van der Waals surface area (Å²) in [6.07, 6.45) is 5.54. The van der Waals surface area contributed by atoms with Crippen LogP contribution >= 0.6 is 23.1 Å². The normalized spacial score (nSPS) is 13.1. The molecule has 0 radical (unpaired) electrons. The number of hydrogen-bond acceptors (Lipinski definition) is 10. The van der Waals surface area contributed by atoms with Gasteiger partial charge >= 0.3 is 0 Å². The number of carbonyl (C=O) groups excluding carboxylic acids is 1. The lowest BCUT2D eigenvalue weighted by Crippen LogP contribution is -2.22. The molecule has 168 valence electrons. The fraction of sp³-hybridized carbons (Fsp3) is 0.238. The topological polar surface area (TPSA) is 115 Å². The number of fused-ring (bicyclic) bond motifs is 2. The zero-order valence-electron chi connectivity index (χ0n) is 17.5. The Kier molecular flexibility index (Phi) is 6.11. The van der Waals surface area contributed by atoms with E-state index in [9.17, 15) is 9.18 Å². The van der Waals surface area contributed by atoms with Crippen LogP contribution in [0.3, 0.4) is 0 Å². The number of ether oxygens (including phenoxy) is 1. The number of nitrogens with one attached hydrogen (secondary N) is 2. The molecular weight excluding hydrogens is 465 g/mol. The van der Waals surface area contributed by atoms with Crippen molar-refractivity contribution in [2.75, 3.05) is 24.7 Å². The molecule has 1 amide bonds. The maximum absolute atomic E-state index is 14.7. The first-order valence-electron chi connectivity index (χ1n) is 10.0. The number of hydrogen-bond donors (Lipinski definition) is 2. The summed E-state index contributed by atoms with van der Waals surface area (Å²) in [4.78, 5) is 34.1. The van der Waals surface area contributed by atoms with Crippen LogP contribution in [0.15, 0.2) is 35.7 Å². The van der Waals surface area contributed by atoms with E-state index in [1.165, 1.54) is 42.5 Å². The van der Waals surface area contributed by atoms with Gasteiger partial charge in [0.15, 0.2) is 5.82 Å². The summed E-state index contributed by atoms with van der Waals surface area (Å²) in [5.74, 6) is 0.745. The molecule has 2 N–H and O–H groups in total. The molecule has 1 aromatic carbocycles. The van der Waals surface area contributed by atoms with Crippen LogP contribution in [0.1, 0.15) is 10.7 Å². The Hall–Kier alpha value is -3.22. The first kappa shape index (κ1) is 21.6. The Morgan fingerprint density at radius 2 is 2.09 bits per heavy atom. The third-order valence-corrected chi connectivity index (χ3v) is 6.91. The molecule has 4 aromatic rings. The second kappa shape index (κ2) is 9.33. The largest absolute Gasteiger partial charge is 0.480 e. The van der Waals surface area contributed by atoms with E-state index in [0.29, 0.717) is 58.4 Å². The van der Waals surface area contributed by atoms with E-state index in [4.69, 9.17) is 4.74 Å². The molecule has 0 aliphatic carbocycles. The second-order valence-corrected chi connectivity index (χ2v) is 9.18. The SMILES string of the molecule is COc1cnc2ccc(F)c(-c3cnc(CCNCc4cnc5c(n4)NC(=O)CS5)s3)c2n1. The van der Waals surface area contributed by atoms with Gasteiger partial charge in [-0.1, -0.05) is 11.8 Å². The average molecular weight is 484 g/mol. The molecule has 1 aliphatic rings. The van der Waals surface area contributed by atoms with Gasteiger partial charge in [0.1, 0.15) is 16.4 Å². The Bertz CT molecular complexity index is 1350. The number of halogens is 1. The molecular formula is C21H18FN7O2S2. The summed E-state index contributed by atoms with van der Waals surface area (Å²) in [7, 11) is 1.50. The van der Waals surface area contributed by atoms with Gasteiger partial charge in [0.05, 0.1) is 51.9 Å². The molecule has 0 unspecified atom stereocenters. The Morgan fingerprint density at radius 3 is 2.97 bits per heavy atom. The summed E-state index contributed by atoms with van der Waals surface area (Å²) in [6.45, 7) is 1.16. The highest BCUT2D eigenvalue weighted by molar-refractivity contribution is 8.00. The highest BCUT2D eigenvalue weighted by Gasteiger charge is 2.18. The van der Waals surface area contributed by atoms with E-state index in [1.54, 1.807) is 18.5 Å². The zero-order chi connectivity index (χ0) is 22.8. The fourth-order valence-electron chi connectivity index (χ4n) is 3.31. The number of methoxy groups -OCH3 is 1. The van der Waals surface area contributed by atoms with Crippen LogP contribution in [0.5, 0.6) is 5.88 Å². The summed E-state index contributed by atoms with van der Waals surface area (Å²) in [5.41, 5.74) is 2.14. The van der Waals surface area contributed by atoms with Crippen LogP contribution in [0.2, 0.25) is 0 Å². The summed E-state index contributed by atoms with van der Waals surface area (Å²) in [5, 5.41) is 7.65. The molecule has 0 spiro atoms. The van der Waals surface area contributed by atoms with Crippen LogP contribution in [-0.2, 0) is 17.8 Å². The van der Waals surface area contributed by atoms with Gasteiger partial charge in [-0.25, -0.2) is 29.3 Å². The molecule has 4 heterocycles. The minimum Gasteiger partial charge on any atom is -0.480 e. The van der Waals surface area contributed by atoms with Crippen molar-refractivity contribution in [1.29, 1.82) is 0 Å². The molecule has 0 atom stereocenters. The van der Waals surface area contributed by atoms with Crippen LogP contribution in [0.25, 0.3) is 21.5 Å². The molecule has 5 rings (SSSR count). The highest BCUT2D eigenvalue weighted by Crippen LogP contribution is 2.34. The standard InChI is InChI=1S/C21H18FN7O2S2/c1-31-16-9-24-13-3-2-12(22)18(19(13)29-16)14-8-25-17(33-14)4-5-23-6-11-7-26-21-20(27-11)28-15(30)10-32-21/h2-3,7-9,23H,4-6,10H2,1H3,(H,27,28,30).